The van der Waals surface area contributed by atoms with Crippen molar-refractivity contribution in [1.29, 1.82) is 0 Å². The van der Waals surface area contributed by atoms with E-state index in [9.17, 15) is 10.0 Å². The van der Waals surface area contributed by atoms with Crippen LogP contribution in [0.2, 0.25) is 0 Å². The molecule has 0 aliphatic heterocycles. The number of aromatic nitrogens is 1. The Bertz CT molecular complexity index is 570. The van der Waals surface area contributed by atoms with Gasteiger partial charge in [-0.05, 0) is 12.1 Å². The first-order valence-electron chi connectivity index (χ1n) is 4.92. The van der Waals surface area contributed by atoms with Crippen LogP contribution in [0.25, 0.3) is 10.8 Å². The van der Waals surface area contributed by atoms with Crippen LogP contribution in [0.3, 0.4) is 0 Å². The standard InChI is InChI=1S/C11H11NO4S/c1-6-7(2)16-10(12(6)14)8-4-5-9(17-8)11(13)15-3/h4-5H,1-3H3. The van der Waals surface area contributed by atoms with E-state index >= 15 is 0 Å². The van der Waals surface area contributed by atoms with Crippen LogP contribution in [0.1, 0.15) is 21.1 Å². The number of ether oxygens (including phenoxy) is 1. The second kappa shape index (κ2) is 4.21. The Morgan fingerprint density at radius 3 is 2.71 bits per heavy atom. The van der Waals surface area contributed by atoms with Crippen molar-refractivity contribution >= 4 is 17.3 Å². The number of nitrogens with zero attached hydrogens (tertiary/aromatic N) is 1. The number of oxazole rings is 1. The minimum atomic E-state index is -0.418. The summed E-state index contributed by atoms with van der Waals surface area (Å²) in [5.74, 6) is 0.363. The van der Waals surface area contributed by atoms with Gasteiger partial charge >= 0.3 is 11.9 Å². The molecular weight excluding hydrogens is 242 g/mol. The van der Waals surface area contributed by atoms with Gasteiger partial charge in [0, 0.05) is 13.8 Å². The summed E-state index contributed by atoms with van der Waals surface area (Å²) in [6.45, 7) is 3.41. The fraction of sp³-hybridized carbons (Fsp3) is 0.273. The van der Waals surface area contributed by atoms with Gasteiger partial charge in [0.1, 0.15) is 9.75 Å². The molecule has 5 nitrogen and oxygen atoms in total. The molecule has 2 heterocycles. The number of aryl methyl sites for hydroxylation is 1. The van der Waals surface area contributed by atoms with Crippen LogP contribution in [0.15, 0.2) is 16.5 Å². The van der Waals surface area contributed by atoms with E-state index in [4.69, 9.17) is 4.42 Å². The monoisotopic (exact) mass is 253 g/mol. The molecule has 0 fully saturated rings. The average Bonchev–Trinajstić information content (AvgIpc) is 2.89. The van der Waals surface area contributed by atoms with Crippen LogP contribution >= 0.6 is 11.3 Å². The van der Waals surface area contributed by atoms with Gasteiger partial charge in [0.2, 0.25) is 5.69 Å². The number of hydrogen-bond acceptors (Lipinski definition) is 5. The Morgan fingerprint density at radius 1 is 1.47 bits per heavy atom. The maximum Gasteiger partial charge on any atom is 0.402 e. The lowest BCUT2D eigenvalue weighted by Gasteiger charge is -1.94. The summed E-state index contributed by atoms with van der Waals surface area (Å²) in [7, 11) is 1.32. The van der Waals surface area contributed by atoms with Crippen molar-refractivity contribution in [3.63, 3.8) is 0 Å². The molecular formula is C11H11NO4S. The van der Waals surface area contributed by atoms with Crippen LogP contribution in [0, 0.1) is 19.1 Å². The zero-order chi connectivity index (χ0) is 12.6. The Labute approximate surface area is 102 Å². The summed E-state index contributed by atoms with van der Waals surface area (Å²) in [5.41, 5.74) is 0.521. The van der Waals surface area contributed by atoms with Gasteiger partial charge in [0.15, 0.2) is 5.76 Å². The van der Waals surface area contributed by atoms with Gasteiger partial charge in [-0.3, -0.25) is 0 Å². The first-order chi connectivity index (χ1) is 8.04. The SMILES string of the molecule is COC(=O)c1ccc(-c2oc(C)c(C)[n+]2[O-])s1. The lowest BCUT2D eigenvalue weighted by atomic mass is 10.4. The Balaban J connectivity index is 2.44. The van der Waals surface area contributed by atoms with Crippen molar-refractivity contribution in [3.8, 4) is 10.8 Å². The van der Waals surface area contributed by atoms with E-state index < -0.39 is 5.97 Å². The first kappa shape index (κ1) is 11.7. The van der Waals surface area contributed by atoms with Gasteiger partial charge in [-0.2, -0.15) is 0 Å². The Morgan fingerprint density at radius 2 is 2.18 bits per heavy atom. The minimum Gasteiger partial charge on any atom is -0.616 e. The van der Waals surface area contributed by atoms with Crippen LogP contribution < -0.4 is 4.73 Å². The van der Waals surface area contributed by atoms with Crippen molar-refractivity contribution in [2.45, 2.75) is 13.8 Å². The molecule has 0 aliphatic carbocycles. The van der Waals surface area contributed by atoms with Gasteiger partial charge in [-0.1, -0.05) is 0 Å². The molecule has 0 bridgehead atoms. The number of hydrogen-bond donors (Lipinski definition) is 0. The zero-order valence-electron chi connectivity index (χ0n) is 9.64. The van der Waals surface area contributed by atoms with Gasteiger partial charge in [0.05, 0.1) is 7.11 Å². The summed E-state index contributed by atoms with van der Waals surface area (Å²) < 4.78 is 10.7. The summed E-state index contributed by atoms with van der Waals surface area (Å²) in [5, 5.41) is 11.8. The van der Waals surface area contributed by atoms with Crippen LogP contribution in [-0.2, 0) is 4.74 Å². The largest absolute Gasteiger partial charge is 0.616 e. The van der Waals surface area contributed by atoms with Crippen LogP contribution in [0.4, 0.5) is 0 Å². The van der Waals surface area contributed by atoms with Crippen molar-refractivity contribution in [3.05, 3.63) is 33.7 Å². The predicted molar refractivity (Wildman–Crippen MR) is 61.8 cm³/mol. The highest BCUT2D eigenvalue weighted by atomic mass is 32.1. The lowest BCUT2D eigenvalue weighted by Crippen LogP contribution is -2.29. The second-order valence-electron chi connectivity index (χ2n) is 3.50. The molecule has 0 spiro atoms. The van der Waals surface area contributed by atoms with E-state index in [0.29, 0.717) is 21.2 Å². The highest BCUT2D eigenvalue weighted by Gasteiger charge is 2.23. The fourth-order valence-electron chi connectivity index (χ4n) is 1.37. The first-order valence-corrected chi connectivity index (χ1v) is 5.74. The van der Waals surface area contributed by atoms with Crippen molar-refractivity contribution < 1.29 is 18.7 Å². The number of carbonyl (C=O) groups excluding carboxylic acids is 1. The Kier molecular flexibility index (Phi) is 2.89. The molecule has 17 heavy (non-hydrogen) atoms. The molecule has 0 amide bonds. The molecule has 2 aromatic rings. The summed E-state index contributed by atoms with van der Waals surface area (Å²) in [6.07, 6.45) is 0. The van der Waals surface area contributed by atoms with E-state index in [1.165, 1.54) is 18.4 Å². The van der Waals surface area contributed by atoms with Gasteiger partial charge in [-0.15, -0.1) is 16.1 Å². The second-order valence-corrected chi connectivity index (χ2v) is 4.58. The highest BCUT2D eigenvalue weighted by molar-refractivity contribution is 7.17. The lowest BCUT2D eigenvalue weighted by molar-refractivity contribution is -0.602. The number of methoxy groups -OCH3 is 1. The molecule has 0 saturated heterocycles. The van der Waals surface area contributed by atoms with E-state index in [-0.39, 0.29) is 5.89 Å². The average molecular weight is 253 g/mol. The molecule has 0 aromatic carbocycles. The third kappa shape index (κ3) is 1.91. The normalized spacial score (nSPS) is 10.5. The molecule has 0 unspecified atom stereocenters. The van der Waals surface area contributed by atoms with E-state index in [1.807, 2.05) is 0 Å². The maximum atomic E-state index is 11.8. The van der Waals surface area contributed by atoms with E-state index in [0.717, 1.165) is 4.73 Å². The maximum absolute atomic E-state index is 11.8. The molecule has 0 N–H and O–H groups in total. The summed E-state index contributed by atoms with van der Waals surface area (Å²) >= 11 is 1.17. The molecule has 0 atom stereocenters. The zero-order valence-corrected chi connectivity index (χ0v) is 10.5. The van der Waals surface area contributed by atoms with E-state index in [2.05, 4.69) is 4.74 Å². The smallest absolute Gasteiger partial charge is 0.402 e. The third-order valence-corrected chi connectivity index (χ3v) is 3.51. The number of carbonyl (C=O) groups is 1. The van der Waals surface area contributed by atoms with Crippen molar-refractivity contribution in [2.24, 2.45) is 0 Å². The van der Waals surface area contributed by atoms with Crippen molar-refractivity contribution in [1.82, 2.24) is 0 Å². The number of thiophene rings is 1. The Hall–Kier alpha value is -1.82. The predicted octanol–water partition coefficient (Wildman–Crippen LogP) is 2.04. The number of rotatable bonds is 2. The molecule has 2 rings (SSSR count). The fourth-order valence-corrected chi connectivity index (χ4v) is 2.26. The summed E-state index contributed by atoms with van der Waals surface area (Å²) in [6, 6.07) is 3.28. The van der Waals surface area contributed by atoms with Gasteiger partial charge in [-0.25, -0.2) is 4.79 Å². The third-order valence-electron chi connectivity index (χ3n) is 2.45. The molecule has 90 valence electrons. The molecule has 6 heteroatoms. The molecule has 2 aromatic heterocycles. The molecule has 0 aliphatic rings. The van der Waals surface area contributed by atoms with Crippen LogP contribution in [-0.4, -0.2) is 13.1 Å². The van der Waals surface area contributed by atoms with Crippen LogP contribution in [0.5, 0.6) is 0 Å². The topological polar surface area (TPSA) is 66.4 Å². The minimum absolute atomic E-state index is 0.208. The quantitative estimate of drug-likeness (QED) is 0.466. The van der Waals surface area contributed by atoms with E-state index in [1.54, 1.807) is 26.0 Å². The van der Waals surface area contributed by atoms with Gasteiger partial charge < -0.3 is 14.4 Å². The summed E-state index contributed by atoms with van der Waals surface area (Å²) in [4.78, 5) is 12.3. The van der Waals surface area contributed by atoms with Crippen molar-refractivity contribution in [2.75, 3.05) is 7.11 Å². The number of esters is 1. The molecule has 0 saturated carbocycles. The van der Waals surface area contributed by atoms with Gasteiger partial charge in [0.25, 0.3) is 0 Å². The molecule has 0 radical (unpaired) electrons. The highest BCUT2D eigenvalue weighted by Crippen LogP contribution is 2.28.